The minimum atomic E-state index is -0.573. The number of aryl methyl sites for hydroxylation is 1. The highest BCUT2D eigenvalue weighted by Crippen LogP contribution is 2.40. The van der Waals surface area contributed by atoms with E-state index in [0.717, 1.165) is 23.0 Å². The number of benzene rings is 3. The van der Waals surface area contributed by atoms with Gasteiger partial charge < -0.3 is 14.0 Å². The molecule has 5 rings (SSSR count). The van der Waals surface area contributed by atoms with Gasteiger partial charge in [0, 0.05) is 34.8 Å². The fraction of sp³-hybridized carbons (Fsp3) is 0.111. The van der Waals surface area contributed by atoms with Crippen LogP contribution in [0.5, 0.6) is 11.5 Å². The highest BCUT2D eigenvalue weighted by atomic mass is 35.5. The Hall–Kier alpha value is -3.83. The van der Waals surface area contributed by atoms with Gasteiger partial charge in [-0.15, -0.1) is 0 Å². The van der Waals surface area contributed by atoms with Gasteiger partial charge in [-0.25, -0.2) is 4.79 Å². The summed E-state index contributed by atoms with van der Waals surface area (Å²) in [6, 6.07) is 18.0. The number of nitrogens with zero attached hydrogens (tertiary/aromatic N) is 1. The summed E-state index contributed by atoms with van der Waals surface area (Å²) in [7, 11) is 0. The van der Waals surface area contributed by atoms with Crippen molar-refractivity contribution in [2.75, 3.05) is 0 Å². The molecule has 0 amide bonds. The van der Waals surface area contributed by atoms with Crippen molar-refractivity contribution in [1.82, 2.24) is 4.57 Å². The number of carbonyl (C=O) groups is 2. The van der Waals surface area contributed by atoms with Gasteiger partial charge in [-0.05, 0) is 50.3 Å². The van der Waals surface area contributed by atoms with Crippen molar-refractivity contribution in [2.24, 2.45) is 0 Å². The van der Waals surface area contributed by atoms with Gasteiger partial charge in [0.05, 0.1) is 16.1 Å². The zero-order chi connectivity index (χ0) is 23.1. The van der Waals surface area contributed by atoms with Crippen LogP contribution in [0.1, 0.15) is 38.8 Å². The molecule has 0 radical (unpaired) electrons. The molecule has 0 spiro atoms. The van der Waals surface area contributed by atoms with Crippen LogP contribution in [-0.2, 0) is 6.54 Å². The first kappa shape index (κ1) is 21.0. The molecule has 0 bridgehead atoms. The molecule has 4 aromatic rings. The highest BCUT2D eigenvalue weighted by molar-refractivity contribution is 6.33. The Bertz CT molecular complexity index is 1460. The van der Waals surface area contributed by atoms with Gasteiger partial charge in [-0.2, -0.15) is 0 Å². The third-order valence-corrected chi connectivity index (χ3v) is 6.11. The smallest absolute Gasteiger partial charge is 0.345 e. The number of rotatable bonds is 4. The maximum Gasteiger partial charge on any atom is 0.345 e. The van der Waals surface area contributed by atoms with Crippen LogP contribution in [0.2, 0.25) is 5.02 Å². The standard InChI is InChI=1S/C27H20ClNO4/c1-3-29-15-17(18-8-5-7-11-22(18)29)14-24-25(30)20-12-13-23(16(2)26(20)32-24)33-27(31)19-9-4-6-10-21(19)28/h4-15H,3H2,1-2H3. The van der Waals surface area contributed by atoms with Crippen LogP contribution in [0, 0.1) is 6.92 Å². The van der Waals surface area contributed by atoms with Gasteiger partial charge in [-0.3, -0.25) is 4.79 Å². The molecule has 0 saturated carbocycles. The molecular weight excluding hydrogens is 438 g/mol. The largest absolute Gasteiger partial charge is 0.452 e. The van der Waals surface area contributed by atoms with Crippen molar-refractivity contribution in [2.45, 2.75) is 20.4 Å². The third kappa shape index (κ3) is 3.60. The van der Waals surface area contributed by atoms with E-state index in [1.54, 1.807) is 49.4 Å². The van der Waals surface area contributed by atoms with Crippen LogP contribution in [0.25, 0.3) is 17.0 Å². The van der Waals surface area contributed by atoms with E-state index in [-0.39, 0.29) is 17.1 Å². The minimum Gasteiger partial charge on any atom is -0.452 e. The van der Waals surface area contributed by atoms with Crippen LogP contribution < -0.4 is 9.47 Å². The second-order valence-corrected chi connectivity index (χ2v) is 8.17. The van der Waals surface area contributed by atoms with Gasteiger partial charge in [0.15, 0.2) is 5.76 Å². The van der Waals surface area contributed by atoms with E-state index in [2.05, 4.69) is 17.6 Å². The molecule has 0 fully saturated rings. The number of Topliss-reactive ketones (excluding diaryl/α,β-unsaturated/α-hetero) is 1. The van der Waals surface area contributed by atoms with Crippen molar-refractivity contribution in [1.29, 1.82) is 0 Å². The summed E-state index contributed by atoms with van der Waals surface area (Å²) in [5.74, 6) is 0.174. The number of allylic oxidation sites excluding steroid dienone is 1. The van der Waals surface area contributed by atoms with E-state index < -0.39 is 5.97 Å². The van der Waals surface area contributed by atoms with E-state index in [1.807, 2.05) is 24.4 Å². The fourth-order valence-electron chi connectivity index (χ4n) is 4.05. The predicted molar refractivity (Wildman–Crippen MR) is 128 cm³/mol. The molecule has 3 aromatic carbocycles. The van der Waals surface area contributed by atoms with Gasteiger partial charge in [0.25, 0.3) is 0 Å². The summed E-state index contributed by atoms with van der Waals surface area (Å²) < 4.78 is 13.7. The number of ether oxygens (including phenoxy) is 2. The topological polar surface area (TPSA) is 57.5 Å². The van der Waals surface area contributed by atoms with Crippen LogP contribution in [0.4, 0.5) is 0 Å². The number of fused-ring (bicyclic) bond motifs is 2. The van der Waals surface area contributed by atoms with Crippen molar-refractivity contribution < 1.29 is 19.1 Å². The van der Waals surface area contributed by atoms with Crippen molar-refractivity contribution in [3.05, 3.63) is 99.9 Å². The number of para-hydroxylation sites is 1. The lowest BCUT2D eigenvalue weighted by Crippen LogP contribution is -2.10. The molecule has 0 saturated heterocycles. The van der Waals surface area contributed by atoms with E-state index in [1.165, 1.54) is 0 Å². The summed E-state index contributed by atoms with van der Waals surface area (Å²) >= 11 is 6.11. The van der Waals surface area contributed by atoms with Gasteiger partial charge in [0.2, 0.25) is 5.78 Å². The molecule has 2 heterocycles. The second kappa shape index (κ2) is 8.26. The monoisotopic (exact) mass is 457 g/mol. The molecule has 33 heavy (non-hydrogen) atoms. The Morgan fingerprint density at radius 1 is 1.09 bits per heavy atom. The van der Waals surface area contributed by atoms with E-state index in [4.69, 9.17) is 21.1 Å². The molecule has 0 unspecified atom stereocenters. The lowest BCUT2D eigenvalue weighted by atomic mass is 10.1. The Kier molecular flexibility index (Phi) is 5.27. The Balaban J connectivity index is 1.48. The maximum atomic E-state index is 13.0. The zero-order valence-corrected chi connectivity index (χ0v) is 18.8. The summed E-state index contributed by atoms with van der Waals surface area (Å²) in [5, 5.41) is 1.36. The summed E-state index contributed by atoms with van der Waals surface area (Å²) in [6.45, 7) is 4.65. The average molecular weight is 458 g/mol. The van der Waals surface area contributed by atoms with Crippen LogP contribution in [0.15, 0.2) is 72.6 Å². The number of aromatic nitrogens is 1. The number of carbonyl (C=O) groups excluding carboxylic acids is 2. The number of esters is 1. The molecule has 0 aliphatic carbocycles. The summed E-state index contributed by atoms with van der Waals surface area (Å²) in [5.41, 5.74) is 3.28. The van der Waals surface area contributed by atoms with E-state index in [0.29, 0.717) is 27.6 Å². The number of hydrogen-bond acceptors (Lipinski definition) is 4. The highest BCUT2D eigenvalue weighted by Gasteiger charge is 2.31. The first-order chi connectivity index (χ1) is 16.0. The van der Waals surface area contributed by atoms with Crippen LogP contribution in [0.3, 0.4) is 0 Å². The molecule has 1 aliphatic heterocycles. The minimum absolute atomic E-state index is 0.203. The number of hydrogen-bond donors (Lipinski definition) is 0. The molecule has 0 N–H and O–H groups in total. The Labute approximate surface area is 195 Å². The molecule has 164 valence electrons. The quantitative estimate of drug-likeness (QED) is 0.200. The van der Waals surface area contributed by atoms with E-state index >= 15 is 0 Å². The van der Waals surface area contributed by atoms with Gasteiger partial charge in [0.1, 0.15) is 11.5 Å². The van der Waals surface area contributed by atoms with Gasteiger partial charge >= 0.3 is 5.97 Å². The second-order valence-electron chi connectivity index (χ2n) is 7.76. The predicted octanol–water partition coefficient (Wildman–Crippen LogP) is 6.46. The molecule has 6 heteroatoms. The molecule has 5 nitrogen and oxygen atoms in total. The average Bonchev–Trinajstić information content (AvgIpc) is 3.34. The summed E-state index contributed by atoms with van der Waals surface area (Å²) in [6.07, 6.45) is 3.78. The molecular formula is C27H20ClNO4. The lowest BCUT2D eigenvalue weighted by molar-refractivity contribution is 0.0733. The van der Waals surface area contributed by atoms with Gasteiger partial charge in [-0.1, -0.05) is 41.9 Å². The molecule has 1 aliphatic rings. The normalized spacial score (nSPS) is 13.9. The van der Waals surface area contributed by atoms with Crippen molar-refractivity contribution >= 4 is 40.3 Å². The first-order valence-corrected chi connectivity index (χ1v) is 11.0. The number of halogens is 1. The maximum absolute atomic E-state index is 13.0. The Morgan fingerprint density at radius 3 is 2.64 bits per heavy atom. The lowest BCUT2D eigenvalue weighted by Gasteiger charge is -2.10. The van der Waals surface area contributed by atoms with Crippen LogP contribution in [-0.4, -0.2) is 16.3 Å². The number of ketones is 1. The fourth-order valence-corrected chi connectivity index (χ4v) is 4.27. The zero-order valence-electron chi connectivity index (χ0n) is 18.1. The first-order valence-electron chi connectivity index (χ1n) is 10.6. The molecule has 0 atom stereocenters. The Morgan fingerprint density at radius 2 is 1.85 bits per heavy atom. The molecule has 1 aromatic heterocycles. The van der Waals surface area contributed by atoms with Crippen molar-refractivity contribution in [3.63, 3.8) is 0 Å². The SMILES string of the molecule is CCn1cc(C=C2Oc3c(ccc(OC(=O)c4ccccc4Cl)c3C)C2=O)c2ccccc21. The third-order valence-electron chi connectivity index (χ3n) is 5.78. The van der Waals surface area contributed by atoms with E-state index in [9.17, 15) is 9.59 Å². The summed E-state index contributed by atoms with van der Waals surface area (Å²) in [4.78, 5) is 25.6. The van der Waals surface area contributed by atoms with Crippen LogP contribution >= 0.6 is 11.6 Å². The van der Waals surface area contributed by atoms with Crippen molar-refractivity contribution in [3.8, 4) is 11.5 Å².